The molecule has 0 unspecified atom stereocenters. The monoisotopic (exact) mass is 497 g/mol. The number of nitrogens with zero attached hydrogens (tertiary/aromatic N) is 2. The van der Waals surface area contributed by atoms with Gasteiger partial charge in [-0.05, 0) is 61.9 Å². The first-order valence-electron chi connectivity index (χ1n) is 9.98. The number of imide groups is 2. The van der Waals surface area contributed by atoms with E-state index in [2.05, 4.69) is 5.32 Å². The van der Waals surface area contributed by atoms with Gasteiger partial charge in [-0.15, -0.1) is 0 Å². The highest BCUT2D eigenvalue weighted by atomic mass is 35.5. The number of aryl methyl sites for hydroxylation is 1. The lowest BCUT2D eigenvalue weighted by Crippen LogP contribution is -2.54. The lowest BCUT2D eigenvalue weighted by atomic mass is 10.1. The Kier molecular flexibility index (Phi) is 6.03. The van der Waals surface area contributed by atoms with Gasteiger partial charge in [-0.25, -0.2) is 14.5 Å². The minimum absolute atomic E-state index is 0.00199. The number of carbonyl (C=O) groups excluding carboxylic acids is 3. The normalized spacial score (nSPS) is 15.1. The second kappa shape index (κ2) is 8.81. The average molecular weight is 498 g/mol. The van der Waals surface area contributed by atoms with E-state index in [9.17, 15) is 24.3 Å². The smallest absolute Gasteiger partial charge is 0.336 e. The summed E-state index contributed by atoms with van der Waals surface area (Å²) >= 11 is 12.2. The Morgan fingerprint density at radius 2 is 1.74 bits per heavy atom. The molecule has 0 saturated carbocycles. The van der Waals surface area contributed by atoms with Crippen molar-refractivity contribution < 1.29 is 24.3 Å². The molecule has 2 aromatic carbocycles. The predicted molar refractivity (Wildman–Crippen MR) is 128 cm³/mol. The quantitative estimate of drug-likeness (QED) is 0.398. The van der Waals surface area contributed by atoms with E-state index in [-0.39, 0.29) is 26.9 Å². The number of hydrogen-bond acceptors (Lipinski definition) is 4. The number of aromatic nitrogens is 1. The molecule has 1 aromatic heterocycles. The fourth-order valence-electron chi connectivity index (χ4n) is 3.81. The topological polar surface area (TPSA) is 109 Å². The second-order valence-corrected chi connectivity index (χ2v) is 8.33. The summed E-state index contributed by atoms with van der Waals surface area (Å²) in [6.45, 7) is 3.58. The van der Waals surface area contributed by atoms with Crippen LogP contribution in [0.15, 0.2) is 54.1 Å². The summed E-state index contributed by atoms with van der Waals surface area (Å²) in [5.41, 5.74) is 2.48. The fraction of sp³-hybridized carbons (Fsp3) is 0.0833. The molecule has 0 spiro atoms. The number of urea groups is 1. The van der Waals surface area contributed by atoms with Crippen molar-refractivity contribution in [3.63, 3.8) is 0 Å². The molecule has 10 heteroatoms. The Balaban J connectivity index is 1.79. The number of aromatic carboxylic acids is 1. The highest BCUT2D eigenvalue weighted by Gasteiger charge is 2.38. The van der Waals surface area contributed by atoms with E-state index < -0.39 is 23.8 Å². The van der Waals surface area contributed by atoms with E-state index in [1.807, 2.05) is 6.92 Å². The fourth-order valence-corrected chi connectivity index (χ4v) is 4.19. The van der Waals surface area contributed by atoms with Crippen LogP contribution in [0.3, 0.4) is 0 Å². The Bertz CT molecular complexity index is 1420. The third-order valence-electron chi connectivity index (χ3n) is 5.40. The van der Waals surface area contributed by atoms with E-state index in [1.165, 1.54) is 36.4 Å². The summed E-state index contributed by atoms with van der Waals surface area (Å²) in [4.78, 5) is 50.4. The molecule has 0 bridgehead atoms. The maximum absolute atomic E-state index is 13.2. The van der Waals surface area contributed by atoms with Crippen molar-refractivity contribution in [2.24, 2.45) is 0 Å². The highest BCUT2D eigenvalue weighted by molar-refractivity contribution is 6.46. The van der Waals surface area contributed by atoms with Crippen molar-refractivity contribution in [3.8, 4) is 5.69 Å². The SMILES string of the molecule is Cc1cc(/C=C2\C(=O)NC(=O)N(c3cccc(Cl)c3Cl)C2=O)c(C)n1-c1cccc(C(=O)O)c1. The number of hydrogen-bond donors (Lipinski definition) is 2. The number of anilines is 1. The Morgan fingerprint density at radius 3 is 2.44 bits per heavy atom. The molecule has 0 radical (unpaired) electrons. The van der Waals surface area contributed by atoms with Gasteiger partial charge in [0.2, 0.25) is 0 Å². The molecule has 1 aliphatic heterocycles. The number of carboxylic acid groups (broad SMARTS) is 1. The average Bonchev–Trinajstić information content (AvgIpc) is 3.06. The standard InChI is InChI=1S/C24H17Cl2N3O5/c1-12-9-15(13(2)28(12)16-6-3-5-14(10-16)23(32)33)11-17-21(30)27-24(34)29(22(17)31)19-8-4-7-18(25)20(19)26/h3-11H,1-2H3,(H,32,33)(H,27,30,34)/b17-11+. The van der Waals surface area contributed by atoms with Gasteiger partial charge in [0.1, 0.15) is 5.57 Å². The minimum Gasteiger partial charge on any atom is -0.478 e. The Hall–Kier alpha value is -3.88. The van der Waals surface area contributed by atoms with Gasteiger partial charge in [0.05, 0.1) is 21.3 Å². The van der Waals surface area contributed by atoms with Gasteiger partial charge in [-0.3, -0.25) is 14.9 Å². The van der Waals surface area contributed by atoms with Gasteiger partial charge >= 0.3 is 12.0 Å². The molecule has 172 valence electrons. The molecular formula is C24H17Cl2N3O5. The summed E-state index contributed by atoms with van der Waals surface area (Å²) in [5.74, 6) is -2.75. The zero-order chi connectivity index (χ0) is 24.7. The van der Waals surface area contributed by atoms with E-state index >= 15 is 0 Å². The molecule has 34 heavy (non-hydrogen) atoms. The third kappa shape index (κ3) is 3.98. The van der Waals surface area contributed by atoms with Crippen molar-refractivity contribution in [2.45, 2.75) is 13.8 Å². The molecule has 0 atom stereocenters. The third-order valence-corrected chi connectivity index (χ3v) is 6.20. The van der Waals surface area contributed by atoms with Crippen LogP contribution in [0.5, 0.6) is 0 Å². The first kappa shape index (κ1) is 23.3. The van der Waals surface area contributed by atoms with Crippen LogP contribution in [0.4, 0.5) is 10.5 Å². The summed E-state index contributed by atoms with van der Waals surface area (Å²) in [6, 6.07) is 11.7. The summed E-state index contributed by atoms with van der Waals surface area (Å²) < 4.78 is 1.81. The van der Waals surface area contributed by atoms with Crippen LogP contribution in [0.2, 0.25) is 10.0 Å². The van der Waals surface area contributed by atoms with E-state index in [1.54, 1.807) is 29.7 Å². The van der Waals surface area contributed by atoms with E-state index in [0.717, 1.165) is 10.6 Å². The molecule has 2 heterocycles. The number of barbiturate groups is 1. The molecule has 0 aliphatic carbocycles. The first-order valence-corrected chi connectivity index (χ1v) is 10.7. The number of carbonyl (C=O) groups is 4. The number of nitrogens with one attached hydrogen (secondary N) is 1. The highest BCUT2D eigenvalue weighted by Crippen LogP contribution is 2.34. The van der Waals surface area contributed by atoms with Crippen LogP contribution < -0.4 is 10.2 Å². The number of halogens is 2. The summed E-state index contributed by atoms with van der Waals surface area (Å²) in [7, 11) is 0. The second-order valence-electron chi connectivity index (χ2n) is 7.55. The number of rotatable bonds is 4. The zero-order valence-corrected chi connectivity index (χ0v) is 19.4. The summed E-state index contributed by atoms with van der Waals surface area (Å²) in [6.07, 6.45) is 1.38. The number of benzene rings is 2. The van der Waals surface area contributed by atoms with Crippen molar-refractivity contribution >= 4 is 58.8 Å². The molecule has 2 N–H and O–H groups in total. The van der Waals surface area contributed by atoms with Crippen LogP contribution >= 0.6 is 23.2 Å². The van der Waals surface area contributed by atoms with Gasteiger partial charge < -0.3 is 9.67 Å². The molecule has 1 saturated heterocycles. The zero-order valence-electron chi connectivity index (χ0n) is 17.9. The van der Waals surface area contributed by atoms with Crippen LogP contribution in [-0.2, 0) is 9.59 Å². The maximum Gasteiger partial charge on any atom is 0.336 e. The molecule has 4 amide bonds. The maximum atomic E-state index is 13.2. The van der Waals surface area contributed by atoms with Crippen molar-refractivity contribution in [2.75, 3.05) is 4.90 Å². The van der Waals surface area contributed by atoms with E-state index in [4.69, 9.17) is 23.2 Å². The van der Waals surface area contributed by atoms with Crippen LogP contribution in [0.25, 0.3) is 11.8 Å². The number of amides is 4. The van der Waals surface area contributed by atoms with E-state index in [0.29, 0.717) is 16.9 Å². The first-order chi connectivity index (χ1) is 16.1. The largest absolute Gasteiger partial charge is 0.478 e. The minimum atomic E-state index is -1.06. The lowest BCUT2D eigenvalue weighted by molar-refractivity contribution is -0.122. The molecular weight excluding hydrogens is 481 g/mol. The van der Waals surface area contributed by atoms with Gasteiger partial charge in [-0.1, -0.05) is 35.3 Å². The number of carboxylic acids is 1. The molecule has 3 aromatic rings. The van der Waals surface area contributed by atoms with Crippen LogP contribution in [-0.4, -0.2) is 33.5 Å². The van der Waals surface area contributed by atoms with Gasteiger partial charge in [0, 0.05) is 17.1 Å². The molecule has 1 aliphatic rings. The van der Waals surface area contributed by atoms with Gasteiger partial charge in [-0.2, -0.15) is 0 Å². The van der Waals surface area contributed by atoms with Crippen molar-refractivity contribution in [1.29, 1.82) is 0 Å². The molecule has 4 rings (SSSR count). The van der Waals surface area contributed by atoms with Crippen LogP contribution in [0, 0.1) is 13.8 Å². The lowest BCUT2D eigenvalue weighted by Gasteiger charge is -2.27. The predicted octanol–water partition coefficient (Wildman–Crippen LogP) is 4.77. The molecule has 1 fully saturated rings. The van der Waals surface area contributed by atoms with Gasteiger partial charge in [0.25, 0.3) is 11.8 Å². The molecule has 8 nitrogen and oxygen atoms in total. The summed E-state index contributed by atoms with van der Waals surface area (Å²) in [5, 5.41) is 11.6. The Morgan fingerprint density at radius 1 is 1.03 bits per heavy atom. The van der Waals surface area contributed by atoms with Crippen molar-refractivity contribution in [1.82, 2.24) is 9.88 Å². The van der Waals surface area contributed by atoms with Crippen LogP contribution in [0.1, 0.15) is 27.3 Å². The Labute approximate surface area is 204 Å². The van der Waals surface area contributed by atoms with Gasteiger partial charge in [0.15, 0.2) is 0 Å². The van der Waals surface area contributed by atoms with Crippen molar-refractivity contribution in [3.05, 3.63) is 86.7 Å².